The first-order valence-electron chi connectivity index (χ1n) is 7.45. The number of H-pyrrole nitrogens is 1. The van der Waals surface area contributed by atoms with Gasteiger partial charge in [0.05, 0.1) is 0 Å². The van der Waals surface area contributed by atoms with Crippen molar-refractivity contribution in [1.82, 2.24) is 9.97 Å². The molecule has 1 heterocycles. The Kier molecular flexibility index (Phi) is 4.34. The third kappa shape index (κ3) is 3.43. The molecule has 1 aromatic heterocycles. The minimum atomic E-state index is -1.01. The second-order valence-electron chi connectivity index (χ2n) is 6.37. The molecule has 1 aliphatic rings. The van der Waals surface area contributed by atoms with Crippen LogP contribution < -0.4 is 10.9 Å². The molecule has 0 spiro atoms. The van der Waals surface area contributed by atoms with Gasteiger partial charge in [0.25, 0.3) is 5.56 Å². The SMILES string of the molecule is CC1CCC(Nc2cc(=O)[nH]c(C(C)C)n2)(C(=O)O)CC1. The van der Waals surface area contributed by atoms with E-state index in [2.05, 4.69) is 22.2 Å². The fraction of sp³-hybridized carbons (Fsp3) is 0.667. The Morgan fingerprint density at radius 1 is 1.48 bits per heavy atom. The molecule has 3 N–H and O–H groups in total. The molecule has 0 saturated heterocycles. The van der Waals surface area contributed by atoms with Crippen molar-refractivity contribution in [3.05, 3.63) is 22.2 Å². The average Bonchev–Trinajstić information content (AvgIpc) is 2.40. The van der Waals surface area contributed by atoms with E-state index in [-0.39, 0.29) is 11.5 Å². The lowest BCUT2D eigenvalue weighted by Gasteiger charge is -2.36. The van der Waals surface area contributed by atoms with E-state index < -0.39 is 11.5 Å². The first kappa shape index (κ1) is 15.5. The minimum Gasteiger partial charge on any atom is -0.480 e. The Morgan fingerprint density at radius 3 is 2.62 bits per heavy atom. The molecule has 0 bridgehead atoms. The van der Waals surface area contributed by atoms with Crippen molar-refractivity contribution in [2.45, 2.75) is 57.9 Å². The smallest absolute Gasteiger partial charge is 0.329 e. The molecule has 2 rings (SSSR count). The lowest BCUT2D eigenvalue weighted by atomic mass is 9.77. The number of aromatic nitrogens is 2. The van der Waals surface area contributed by atoms with Crippen LogP contribution >= 0.6 is 0 Å². The molecular formula is C15H23N3O3. The number of carboxylic acid groups (broad SMARTS) is 1. The molecule has 1 aromatic rings. The quantitative estimate of drug-likeness (QED) is 0.792. The summed E-state index contributed by atoms with van der Waals surface area (Å²) in [5.74, 6) is 0.654. The molecule has 0 radical (unpaired) electrons. The number of nitrogens with one attached hydrogen (secondary N) is 2. The first-order chi connectivity index (χ1) is 9.82. The van der Waals surface area contributed by atoms with Gasteiger partial charge >= 0.3 is 5.97 Å². The summed E-state index contributed by atoms with van der Waals surface area (Å²) in [6.45, 7) is 5.99. The van der Waals surface area contributed by atoms with Crippen molar-refractivity contribution in [1.29, 1.82) is 0 Å². The van der Waals surface area contributed by atoms with E-state index in [0.29, 0.717) is 30.4 Å². The van der Waals surface area contributed by atoms with Crippen molar-refractivity contribution < 1.29 is 9.90 Å². The van der Waals surface area contributed by atoms with Gasteiger partial charge < -0.3 is 15.4 Å². The van der Waals surface area contributed by atoms with Crippen molar-refractivity contribution in [3.63, 3.8) is 0 Å². The lowest BCUT2D eigenvalue weighted by molar-refractivity contribution is -0.143. The van der Waals surface area contributed by atoms with Crippen LogP contribution in [0.4, 0.5) is 5.82 Å². The largest absolute Gasteiger partial charge is 0.480 e. The predicted octanol–water partition coefficient (Wildman–Crippen LogP) is 2.34. The second-order valence-corrected chi connectivity index (χ2v) is 6.37. The highest BCUT2D eigenvalue weighted by atomic mass is 16.4. The van der Waals surface area contributed by atoms with Gasteiger partial charge in [0.2, 0.25) is 0 Å². The number of aliphatic carboxylic acids is 1. The monoisotopic (exact) mass is 293 g/mol. The van der Waals surface area contributed by atoms with Gasteiger partial charge in [-0.2, -0.15) is 0 Å². The maximum atomic E-state index is 11.7. The van der Waals surface area contributed by atoms with Crippen LogP contribution in [0.1, 0.15) is 58.2 Å². The van der Waals surface area contributed by atoms with Crippen LogP contribution in [0.25, 0.3) is 0 Å². The molecule has 116 valence electrons. The van der Waals surface area contributed by atoms with Crippen LogP contribution in [0.5, 0.6) is 0 Å². The van der Waals surface area contributed by atoms with E-state index in [4.69, 9.17) is 0 Å². The van der Waals surface area contributed by atoms with E-state index in [1.165, 1.54) is 6.07 Å². The van der Waals surface area contributed by atoms with Gasteiger partial charge in [-0.1, -0.05) is 20.8 Å². The molecule has 6 nitrogen and oxygen atoms in total. The number of anilines is 1. The normalized spacial score (nSPS) is 25.8. The van der Waals surface area contributed by atoms with Crippen LogP contribution in [0.15, 0.2) is 10.9 Å². The summed E-state index contributed by atoms with van der Waals surface area (Å²) >= 11 is 0. The highest BCUT2D eigenvalue weighted by Crippen LogP contribution is 2.34. The van der Waals surface area contributed by atoms with Crippen LogP contribution in [-0.4, -0.2) is 26.6 Å². The van der Waals surface area contributed by atoms with E-state index in [9.17, 15) is 14.7 Å². The zero-order valence-corrected chi connectivity index (χ0v) is 12.8. The Bertz CT molecular complexity index is 572. The van der Waals surface area contributed by atoms with Crippen LogP contribution in [0.2, 0.25) is 0 Å². The van der Waals surface area contributed by atoms with Crippen molar-refractivity contribution in [3.8, 4) is 0 Å². The molecule has 0 aliphatic heterocycles. The standard InChI is InChI=1S/C15H23N3O3/c1-9(2)13-16-11(8-12(19)17-13)18-15(14(20)21)6-4-10(3)5-7-15/h8-10H,4-7H2,1-3H3,(H,20,21)(H2,16,17,18,19). The summed E-state index contributed by atoms with van der Waals surface area (Å²) in [5.41, 5.74) is -1.28. The minimum absolute atomic E-state index is 0.0756. The van der Waals surface area contributed by atoms with Gasteiger partial charge in [-0.05, 0) is 31.6 Å². The second kappa shape index (κ2) is 5.87. The Hall–Kier alpha value is -1.85. The number of rotatable bonds is 4. The van der Waals surface area contributed by atoms with E-state index in [0.717, 1.165) is 12.8 Å². The molecule has 0 amide bonds. The molecule has 0 aromatic carbocycles. The highest BCUT2D eigenvalue weighted by molar-refractivity contribution is 5.82. The molecule has 0 atom stereocenters. The molecule has 1 fully saturated rings. The van der Waals surface area contributed by atoms with Crippen molar-refractivity contribution >= 4 is 11.8 Å². The van der Waals surface area contributed by atoms with Crippen LogP contribution in [-0.2, 0) is 4.79 Å². The van der Waals surface area contributed by atoms with E-state index in [1.54, 1.807) is 0 Å². The number of carbonyl (C=O) groups is 1. The van der Waals surface area contributed by atoms with Crippen molar-refractivity contribution in [2.75, 3.05) is 5.32 Å². The predicted molar refractivity (Wildman–Crippen MR) is 80.6 cm³/mol. The first-order valence-corrected chi connectivity index (χ1v) is 7.45. The summed E-state index contributed by atoms with van der Waals surface area (Å²) in [4.78, 5) is 30.4. The molecule has 1 aliphatic carbocycles. The fourth-order valence-electron chi connectivity index (χ4n) is 2.71. The van der Waals surface area contributed by atoms with Gasteiger partial charge in [-0.25, -0.2) is 9.78 Å². The van der Waals surface area contributed by atoms with E-state index >= 15 is 0 Å². The van der Waals surface area contributed by atoms with E-state index in [1.807, 2.05) is 13.8 Å². The van der Waals surface area contributed by atoms with Gasteiger partial charge in [0.15, 0.2) is 0 Å². The summed E-state index contributed by atoms with van der Waals surface area (Å²) < 4.78 is 0. The number of carboxylic acids is 1. The van der Waals surface area contributed by atoms with Gasteiger partial charge in [0.1, 0.15) is 17.2 Å². The molecule has 6 heteroatoms. The molecular weight excluding hydrogens is 270 g/mol. The zero-order valence-electron chi connectivity index (χ0n) is 12.8. The average molecular weight is 293 g/mol. The number of hydrogen-bond donors (Lipinski definition) is 3. The Balaban J connectivity index is 2.29. The van der Waals surface area contributed by atoms with Crippen molar-refractivity contribution in [2.24, 2.45) is 5.92 Å². The van der Waals surface area contributed by atoms with Gasteiger partial charge in [0, 0.05) is 12.0 Å². The van der Waals surface area contributed by atoms with Gasteiger partial charge in [-0.3, -0.25) is 4.79 Å². The fourth-order valence-corrected chi connectivity index (χ4v) is 2.71. The summed E-state index contributed by atoms with van der Waals surface area (Å²) in [7, 11) is 0. The Labute approximate surface area is 124 Å². The third-order valence-electron chi connectivity index (χ3n) is 4.21. The molecule has 1 saturated carbocycles. The highest BCUT2D eigenvalue weighted by Gasteiger charge is 2.41. The number of hydrogen-bond acceptors (Lipinski definition) is 4. The maximum absolute atomic E-state index is 11.7. The van der Waals surface area contributed by atoms with Crippen LogP contribution in [0.3, 0.4) is 0 Å². The lowest BCUT2D eigenvalue weighted by Crippen LogP contribution is -2.49. The number of aromatic amines is 1. The third-order valence-corrected chi connectivity index (χ3v) is 4.21. The Morgan fingerprint density at radius 2 is 2.10 bits per heavy atom. The van der Waals surface area contributed by atoms with Crippen LogP contribution in [0, 0.1) is 5.92 Å². The number of nitrogens with zero attached hydrogens (tertiary/aromatic N) is 1. The maximum Gasteiger partial charge on any atom is 0.329 e. The summed E-state index contributed by atoms with van der Waals surface area (Å²) in [6, 6.07) is 1.33. The topological polar surface area (TPSA) is 95.1 Å². The summed E-state index contributed by atoms with van der Waals surface area (Å²) in [6.07, 6.45) is 2.82. The zero-order chi connectivity index (χ0) is 15.6. The molecule has 21 heavy (non-hydrogen) atoms. The molecule has 0 unspecified atom stereocenters. The van der Waals surface area contributed by atoms with Gasteiger partial charge in [-0.15, -0.1) is 0 Å². The summed E-state index contributed by atoms with van der Waals surface area (Å²) in [5, 5.41) is 12.6.